The standard InChI is InChI=1S/C59H35N5O/c1-2-18-42(19-3-1)63-48-23-11-8-20-43(48)46-34-41(28-29-50(46)63)58-60-57(40-27-26-36-14-4-5-15-37(36)32-40)61-59(62-58)56-51(30-31-54-55(56)45-22-10-13-25-53(45)65-54)64-49-24-12-9-21-44(49)47-33-38-16-6-7-17-39(38)35-52(47)64/h1-35H. The van der Waals surface area contributed by atoms with Crippen molar-refractivity contribution in [2.75, 3.05) is 0 Å². The molecule has 0 amide bonds. The minimum absolute atomic E-state index is 0.559. The van der Waals surface area contributed by atoms with Gasteiger partial charge in [0.15, 0.2) is 17.5 Å². The van der Waals surface area contributed by atoms with Crippen LogP contribution in [0.2, 0.25) is 0 Å². The van der Waals surface area contributed by atoms with Gasteiger partial charge in [-0.3, -0.25) is 0 Å². The van der Waals surface area contributed by atoms with Crippen LogP contribution in [0.3, 0.4) is 0 Å². The molecule has 0 bridgehead atoms. The second kappa shape index (κ2) is 13.8. The molecule has 65 heavy (non-hydrogen) atoms. The molecule has 0 aliphatic heterocycles. The number of para-hydroxylation sites is 4. The molecule has 0 aliphatic carbocycles. The Balaban J connectivity index is 1.10. The van der Waals surface area contributed by atoms with Crippen LogP contribution in [0, 0.1) is 0 Å². The summed E-state index contributed by atoms with van der Waals surface area (Å²) < 4.78 is 11.4. The Morgan fingerprint density at radius 2 is 0.877 bits per heavy atom. The maximum Gasteiger partial charge on any atom is 0.166 e. The summed E-state index contributed by atoms with van der Waals surface area (Å²) >= 11 is 0. The third kappa shape index (κ3) is 5.44. The van der Waals surface area contributed by atoms with Crippen LogP contribution in [0.15, 0.2) is 217 Å². The SMILES string of the molecule is c1ccc(-n2c3ccccc3c3cc(-c4nc(-c5ccc6ccccc6c5)nc(-c5c(-n6c7ccccc7c7cc8ccccc8cc76)ccc6oc7ccccc7c56)n4)ccc32)cc1. The Bertz CT molecular complexity index is 4250. The van der Waals surface area contributed by atoms with E-state index in [-0.39, 0.29) is 0 Å². The second-order valence-corrected chi connectivity index (χ2v) is 16.8. The van der Waals surface area contributed by atoms with E-state index in [1.165, 1.54) is 21.5 Å². The fourth-order valence-electron chi connectivity index (χ4n) is 10.2. The Hall–Kier alpha value is -8.87. The molecule has 0 atom stereocenters. The van der Waals surface area contributed by atoms with Crippen molar-refractivity contribution in [1.29, 1.82) is 0 Å². The van der Waals surface area contributed by atoms with Crippen LogP contribution in [0.25, 0.3) is 133 Å². The first kappa shape index (κ1) is 35.7. The van der Waals surface area contributed by atoms with E-state index < -0.39 is 0 Å². The van der Waals surface area contributed by atoms with Crippen LogP contribution in [-0.2, 0) is 0 Å². The van der Waals surface area contributed by atoms with E-state index in [1.807, 2.05) is 12.1 Å². The highest BCUT2D eigenvalue weighted by Gasteiger charge is 2.25. The van der Waals surface area contributed by atoms with E-state index in [0.717, 1.165) is 93.6 Å². The summed E-state index contributed by atoms with van der Waals surface area (Å²) in [4.78, 5) is 16.4. The molecule has 14 aromatic rings. The molecule has 0 radical (unpaired) electrons. The first-order valence-electron chi connectivity index (χ1n) is 21.9. The van der Waals surface area contributed by atoms with Gasteiger partial charge in [0.25, 0.3) is 0 Å². The maximum absolute atomic E-state index is 6.64. The lowest BCUT2D eigenvalue weighted by atomic mass is 10.0. The maximum atomic E-state index is 6.64. The first-order valence-corrected chi connectivity index (χ1v) is 21.9. The summed E-state index contributed by atoms with van der Waals surface area (Å²) in [7, 11) is 0. The predicted octanol–water partition coefficient (Wildman–Crippen LogP) is 15.3. The zero-order valence-corrected chi connectivity index (χ0v) is 34.9. The molecule has 4 heterocycles. The van der Waals surface area contributed by atoms with E-state index in [4.69, 9.17) is 19.4 Å². The molecule has 0 saturated carbocycles. The van der Waals surface area contributed by atoms with Crippen molar-refractivity contribution in [3.8, 4) is 45.5 Å². The summed E-state index contributed by atoms with van der Waals surface area (Å²) in [6, 6.07) is 75.0. The molecule has 0 N–H and O–H groups in total. The average Bonchev–Trinajstić information content (AvgIpc) is 4.02. The molecule has 4 aromatic heterocycles. The molecule has 14 rings (SSSR count). The van der Waals surface area contributed by atoms with Gasteiger partial charge in [-0.15, -0.1) is 0 Å². The molecule has 6 nitrogen and oxygen atoms in total. The van der Waals surface area contributed by atoms with Gasteiger partial charge in [0.05, 0.1) is 33.3 Å². The fraction of sp³-hybridized carbons (Fsp3) is 0. The van der Waals surface area contributed by atoms with Gasteiger partial charge >= 0.3 is 0 Å². The Labute approximate surface area is 371 Å². The summed E-state index contributed by atoms with van der Waals surface area (Å²) in [5.74, 6) is 1.73. The molecular formula is C59H35N5O. The predicted molar refractivity (Wildman–Crippen MR) is 267 cm³/mol. The number of hydrogen-bond donors (Lipinski definition) is 0. The molecule has 0 aliphatic rings. The number of benzene rings is 10. The lowest BCUT2D eigenvalue weighted by molar-refractivity contribution is 0.669. The second-order valence-electron chi connectivity index (χ2n) is 16.8. The molecule has 10 aromatic carbocycles. The van der Waals surface area contributed by atoms with E-state index in [9.17, 15) is 0 Å². The van der Waals surface area contributed by atoms with Gasteiger partial charge in [0.2, 0.25) is 0 Å². The van der Waals surface area contributed by atoms with Crippen LogP contribution < -0.4 is 0 Å². The number of nitrogens with zero attached hydrogens (tertiary/aromatic N) is 5. The van der Waals surface area contributed by atoms with Crippen molar-refractivity contribution in [3.63, 3.8) is 0 Å². The molecular weight excluding hydrogens is 795 g/mol. The number of rotatable bonds is 5. The summed E-state index contributed by atoms with van der Waals surface area (Å²) in [5, 5.41) is 11.2. The van der Waals surface area contributed by atoms with Gasteiger partial charge < -0.3 is 13.6 Å². The summed E-state index contributed by atoms with van der Waals surface area (Å²) in [5.41, 5.74) is 10.7. The third-order valence-corrected chi connectivity index (χ3v) is 13.1. The van der Waals surface area contributed by atoms with Crippen LogP contribution in [-0.4, -0.2) is 24.1 Å². The minimum Gasteiger partial charge on any atom is -0.456 e. The number of furan rings is 1. The van der Waals surface area contributed by atoms with Crippen molar-refractivity contribution >= 4 is 87.1 Å². The van der Waals surface area contributed by atoms with E-state index in [1.54, 1.807) is 0 Å². The first-order chi connectivity index (χ1) is 32.2. The quantitative estimate of drug-likeness (QED) is 0.173. The molecule has 0 saturated heterocycles. The fourth-order valence-corrected chi connectivity index (χ4v) is 10.2. The van der Waals surface area contributed by atoms with Gasteiger partial charge in [-0.25, -0.2) is 15.0 Å². The molecule has 0 fully saturated rings. The van der Waals surface area contributed by atoms with Gasteiger partial charge in [0.1, 0.15) is 11.2 Å². The average molecular weight is 830 g/mol. The van der Waals surface area contributed by atoms with E-state index in [0.29, 0.717) is 17.5 Å². The van der Waals surface area contributed by atoms with E-state index >= 15 is 0 Å². The van der Waals surface area contributed by atoms with Crippen molar-refractivity contribution in [2.24, 2.45) is 0 Å². The van der Waals surface area contributed by atoms with Crippen LogP contribution in [0.1, 0.15) is 0 Å². The van der Waals surface area contributed by atoms with Gasteiger partial charge in [-0.1, -0.05) is 133 Å². The minimum atomic E-state index is 0.559. The van der Waals surface area contributed by atoms with Crippen LogP contribution in [0.5, 0.6) is 0 Å². The Kier molecular flexibility index (Phi) is 7.59. The zero-order valence-electron chi connectivity index (χ0n) is 34.9. The lowest BCUT2D eigenvalue weighted by Crippen LogP contribution is -2.04. The van der Waals surface area contributed by atoms with Crippen molar-refractivity contribution in [3.05, 3.63) is 212 Å². The van der Waals surface area contributed by atoms with E-state index in [2.05, 4.69) is 209 Å². The Morgan fingerprint density at radius 1 is 0.323 bits per heavy atom. The molecule has 0 spiro atoms. The highest BCUT2D eigenvalue weighted by atomic mass is 16.3. The summed E-state index contributed by atoms with van der Waals surface area (Å²) in [6.45, 7) is 0. The molecule has 302 valence electrons. The molecule has 6 heteroatoms. The van der Waals surface area contributed by atoms with Crippen LogP contribution in [0.4, 0.5) is 0 Å². The number of fused-ring (bicyclic) bond motifs is 11. The number of hydrogen-bond acceptors (Lipinski definition) is 4. The van der Waals surface area contributed by atoms with Crippen molar-refractivity contribution in [2.45, 2.75) is 0 Å². The lowest BCUT2D eigenvalue weighted by Gasteiger charge is -2.16. The van der Waals surface area contributed by atoms with Crippen LogP contribution >= 0.6 is 0 Å². The van der Waals surface area contributed by atoms with Gasteiger partial charge in [-0.05, 0) is 100 Å². The van der Waals surface area contributed by atoms with Crippen molar-refractivity contribution < 1.29 is 4.42 Å². The monoisotopic (exact) mass is 829 g/mol. The normalized spacial score (nSPS) is 12.0. The van der Waals surface area contributed by atoms with Gasteiger partial charge in [0, 0.05) is 49.1 Å². The topological polar surface area (TPSA) is 61.7 Å². The highest BCUT2D eigenvalue weighted by Crippen LogP contribution is 2.44. The summed E-state index contributed by atoms with van der Waals surface area (Å²) in [6.07, 6.45) is 0. The van der Waals surface area contributed by atoms with Crippen molar-refractivity contribution in [1.82, 2.24) is 24.1 Å². The Morgan fingerprint density at radius 3 is 1.65 bits per heavy atom. The number of aromatic nitrogens is 5. The third-order valence-electron chi connectivity index (χ3n) is 13.1. The highest BCUT2D eigenvalue weighted by molar-refractivity contribution is 6.18. The smallest absolute Gasteiger partial charge is 0.166 e. The molecule has 0 unspecified atom stereocenters. The van der Waals surface area contributed by atoms with Gasteiger partial charge in [-0.2, -0.15) is 0 Å². The largest absolute Gasteiger partial charge is 0.456 e. The zero-order chi connectivity index (χ0) is 42.6.